The first-order valence-electron chi connectivity index (χ1n) is 12.7. The second kappa shape index (κ2) is 11.8. The molecule has 2 aliphatic heterocycles. The summed E-state index contributed by atoms with van der Waals surface area (Å²) >= 11 is 6.02. The average Bonchev–Trinajstić information content (AvgIpc) is 3.21. The van der Waals surface area contributed by atoms with Crippen LogP contribution >= 0.6 is 11.6 Å². The first kappa shape index (κ1) is 26.0. The summed E-state index contributed by atoms with van der Waals surface area (Å²) in [4.78, 5) is 29.4. The number of quaternary nitrogens is 1. The molecule has 2 aliphatic rings. The number of ketones is 1. The van der Waals surface area contributed by atoms with Gasteiger partial charge in [0, 0.05) is 10.6 Å². The van der Waals surface area contributed by atoms with Crippen LogP contribution in [0.5, 0.6) is 5.75 Å². The number of hydrogen-bond donors (Lipinski definition) is 2. The second-order valence-corrected chi connectivity index (χ2v) is 9.89. The number of carbonyl (C=O) groups excluding carboxylic acids is 2. The van der Waals surface area contributed by atoms with Gasteiger partial charge in [-0.2, -0.15) is 0 Å². The van der Waals surface area contributed by atoms with Crippen LogP contribution in [-0.2, 0) is 20.9 Å². The molecule has 38 heavy (non-hydrogen) atoms. The molecular formula is C30H30ClN2O5+. The van der Waals surface area contributed by atoms with Gasteiger partial charge >= 0.3 is 0 Å². The lowest BCUT2D eigenvalue weighted by molar-refractivity contribution is -0.907. The van der Waals surface area contributed by atoms with Gasteiger partial charge in [-0.15, -0.1) is 0 Å². The Morgan fingerprint density at radius 3 is 2.34 bits per heavy atom. The molecule has 0 aromatic heterocycles. The van der Waals surface area contributed by atoms with E-state index >= 15 is 0 Å². The normalized spacial score (nSPS) is 19.6. The number of morpholine rings is 1. The molecule has 1 atom stereocenters. The Bertz CT molecular complexity index is 1300. The Morgan fingerprint density at radius 2 is 1.66 bits per heavy atom. The molecule has 0 aliphatic carbocycles. The van der Waals surface area contributed by atoms with Crippen molar-refractivity contribution in [3.63, 3.8) is 0 Å². The fraction of sp³-hybridized carbons (Fsp3) is 0.267. The summed E-state index contributed by atoms with van der Waals surface area (Å²) in [5.41, 5.74) is 2.29. The summed E-state index contributed by atoms with van der Waals surface area (Å²) in [7, 11) is 0. The molecule has 7 nitrogen and oxygen atoms in total. The minimum absolute atomic E-state index is 0.0762. The van der Waals surface area contributed by atoms with E-state index in [1.807, 2.05) is 54.6 Å². The fourth-order valence-electron chi connectivity index (χ4n) is 4.90. The third kappa shape index (κ3) is 5.75. The number of ether oxygens (including phenoxy) is 2. The molecule has 0 saturated carbocycles. The maximum atomic E-state index is 13.3. The van der Waals surface area contributed by atoms with E-state index in [1.165, 1.54) is 4.90 Å². The Morgan fingerprint density at radius 1 is 0.974 bits per heavy atom. The number of aliphatic hydroxyl groups is 1. The summed E-state index contributed by atoms with van der Waals surface area (Å²) in [6.07, 6.45) is 0. The van der Waals surface area contributed by atoms with Crippen LogP contribution in [0.2, 0.25) is 5.02 Å². The van der Waals surface area contributed by atoms with Crippen molar-refractivity contribution in [3.05, 3.63) is 106 Å². The maximum Gasteiger partial charge on any atom is 0.295 e. The number of hydrogen-bond acceptors (Lipinski definition) is 5. The van der Waals surface area contributed by atoms with E-state index in [9.17, 15) is 14.7 Å². The van der Waals surface area contributed by atoms with Gasteiger partial charge in [0.05, 0.1) is 37.9 Å². The largest absolute Gasteiger partial charge is 0.507 e. The molecule has 1 amide bonds. The molecule has 196 valence electrons. The molecule has 2 saturated heterocycles. The summed E-state index contributed by atoms with van der Waals surface area (Å²) in [5.74, 6) is -0.841. The standard InChI is InChI=1S/C30H29ClN2O5/c31-24-10-6-23(7-11-24)28(34)26-27(33(30(36)29(26)35)15-14-32-16-18-37-19-17-32)22-8-12-25(13-9-22)38-20-21-4-2-1-3-5-21/h1-13,27,34H,14-20H2/p+1/t27-/m1/s1. The van der Waals surface area contributed by atoms with Crippen LogP contribution in [0.15, 0.2) is 84.4 Å². The number of likely N-dealkylation sites (tertiary alicyclic amines) is 1. The molecule has 2 heterocycles. The van der Waals surface area contributed by atoms with E-state index in [0.717, 1.165) is 24.2 Å². The lowest BCUT2D eigenvalue weighted by Crippen LogP contribution is -3.14. The lowest BCUT2D eigenvalue weighted by atomic mass is 9.95. The second-order valence-electron chi connectivity index (χ2n) is 9.46. The number of nitrogens with one attached hydrogen (secondary N) is 1. The third-order valence-corrected chi connectivity index (χ3v) is 7.26. The number of nitrogens with zero attached hydrogens (tertiary/aromatic N) is 1. The van der Waals surface area contributed by atoms with Crippen LogP contribution < -0.4 is 9.64 Å². The number of halogens is 1. The predicted molar refractivity (Wildman–Crippen MR) is 144 cm³/mol. The molecule has 3 aromatic rings. The highest BCUT2D eigenvalue weighted by molar-refractivity contribution is 6.46. The quantitative estimate of drug-likeness (QED) is 0.264. The summed E-state index contributed by atoms with van der Waals surface area (Å²) in [5, 5.41) is 11.7. The molecule has 2 fully saturated rings. The molecule has 5 rings (SSSR count). The van der Waals surface area contributed by atoms with Gasteiger partial charge in [-0.3, -0.25) is 9.59 Å². The molecule has 0 radical (unpaired) electrons. The Balaban J connectivity index is 1.44. The smallest absolute Gasteiger partial charge is 0.295 e. The Labute approximate surface area is 226 Å². The molecule has 3 aromatic carbocycles. The average molecular weight is 534 g/mol. The van der Waals surface area contributed by atoms with E-state index in [-0.39, 0.29) is 11.3 Å². The van der Waals surface area contributed by atoms with Gasteiger partial charge in [-0.1, -0.05) is 54.1 Å². The van der Waals surface area contributed by atoms with Crippen LogP contribution in [0.4, 0.5) is 0 Å². The highest BCUT2D eigenvalue weighted by Gasteiger charge is 2.46. The van der Waals surface area contributed by atoms with Gasteiger partial charge in [-0.05, 0) is 47.5 Å². The Hall–Kier alpha value is -3.65. The van der Waals surface area contributed by atoms with Crippen LogP contribution in [0.1, 0.15) is 22.7 Å². The van der Waals surface area contributed by atoms with Crippen molar-refractivity contribution in [2.75, 3.05) is 39.4 Å². The summed E-state index contributed by atoms with van der Waals surface area (Å²) < 4.78 is 11.4. The van der Waals surface area contributed by atoms with E-state index in [1.54, 1.807) is 29.2 Å². The molecular weight excluding hydrogens is 504 g/mol. The number of aliphatic hydroxyl groups excluding tert-OH is 1. The van der Waals surface area contributed by atoms with E-state index < -0.39 is 17.7 Å². The van der Waals surface area contributed by atoms with Gasteiger partial charge in [0.25, 0.3) is 11.7 Å². The van der Waals surface area contributed by atoms with E-state index in [2.05, 4.69) is 0 Å². The highest BCUT2D eigenvalue weighted by Crippen LogP contribution is 2.39. The lowest BCUT2D eigenvalue weighted by Gasteiger charge is -2.29. The van der Waals surface area contributed by atoms with Gasteiger partial charge in [0.2, 0.25) is 0 Å². The minimum Gasteiger partial charge on any atom is -0.507 e. The summed E-state index contributed by atoms with van der Waals surface area (Å²) in [6.45, 7) is 4.56. The maximum absolute atomic E-state index is 13.3. The molecule has 0 spiro atoms. The van der Waals surface area contributed by atoms with Crippen LogP contribution in [0, 0.1) is 0 Å². The van der Waals surface area contributed by atoms with Crippen LogP contribution in [-0.4, -0.2) is 61.1 Å². The molecule has 2 N–H and O–H groups in total. The minimum atomic E-state index is -0.714. The zero-order valence-corrected chi connectivity index (χ0v) is 21.7. The van der Waals surface area contributed by atoms with Gasteiger partial charge in [0.1, 0.15) is 31.2 Å². The number of carbonyl (C=O) groups is 2. The van der Waals surface area contributed by atoms with E-state index in [4.69, 9.17) is 21.1 Å². The number of Topliss-reactive ketones (excluding diaryl/α,β-unsaturated/α-hetero) is 1. The topological polar surface area (TPSA) is 80.5 Å². The number of amides is 1. The molecule has 0 bridgehead atoms. The predicted octanol–water partition coefficient (Wildman–Crippen LogP) is 3.26. The molecule has 0 unspecified atom stereocenters. The third-order valence-electron chi connectivity index (χ3n) is 7.01. The van der Waals surface area contributed by atoms with Crippen molar-refractivity contribution in [2.24, 2.45) is 0 Å². The van der Waals surface area contributed by atoms with E-state index in [0.29, 0.717) is 49.2 Å². The number of rotatable bonds is 8. The van der Waals surface area contributed by atoms with Crippen molar-refractivity contribution in [1.82, 2.24) is 4.90 Å². The van der Waals surface area contributed by atoms with Crippen molar-refractivity contribution >= 4 is 29.1 Å². The zero-order valence-electron chi connectivity index (χ0n) is 20.9. The SMILES string of the molecule is O=C1C(=O)N(CC[NH+]2CCOCC2)[C@H](c2ccc(OCc3ccccc3)cc2)C1=C(O)c1ccc(Cl)cc1. The van der Waals surface area contributed by atoms with Crippen molar-refractivity contribution < 1.29 is 29.1 Å². The zero-order chi connectivity index (χ0) is 26.5. The number of benzene rings is 3. The first-order valence-corrected chi connectivity index (χ1v) is 13.1. The Kier molecular flexibility index (Phi) is 8.08. The van der Waals surface area contributed by atoms with Crippen LogP contribution in [0.3, 0.4) is 0 Å². The van der Waals surface area contributed by atoms with Gasteiger partial charge < -0.3 is 24.4 Å². The fourth-order valence-corrected chi connectivity index (χ4v) is 5.02. The van der Waals surface area contributed by atoms with Crippen LogP contribution in [0.25, 0.3) is 5.76 Å². The van der Waals surface area contributed by atoms with Gasteiger partial charge in [-0.25, -0.2) is 0 Å². The van der Waals surface area contributed by atoms with Gasteiger partial charge in [0.15, 0.2) is 0 Å². The first-order chi connectivity index (χ1) is 18.5. The monoisotopic (exact) mass is 533 g/mol. The van der Waals surface area contributed by atoms with Crippen molar-refractivity contribution in [2.45, 2.75) is 12.6 Å². The van der Waals surface area contributed by atoms with Crippen molar-refractivity contribution in [1.29, 1.82) is 0 Å². The summed E-state index contributed by atoms with van der Waals surface area (Å²) in [6, 6.07) is 23.1. The van der Waals surface area contributed by atoms with Crippen molar-refractivity contribution in [3.8, 4) is 5.75 Å². The molecule has 8 heteroatoms. The highest BCUT2D eigenvalue weighted by atomic mass is 35.5.